The Kier molecular flexibility index (Phi) is 7.21. The molecule has 150 valence electrons. The van der Waals surface area contributed by atoms with Gasteiger partial charge in [0.2, 0.25) is 15.9 Å². The van der Waals surface area contributed by atoms with Gasteiger partial charge in [-0.3, -0.25) is 13.9 Å². The van der Waals surface area contributed by atoms with Crippen LogP contribution in [0.1, 0.15) is 35.7 Å². The first-order chi connectivity index (χ1) is 13.1. The van der Waals surface area contributed by atoms with Crippen LogP contribution in [0, 0.1) is 6.92 Å². The molecule has 0 saturated heterocycles. The molecule has 0 fully saturated rings. The van der Waals surface area contributed by atoms with Crippen molar-refractivity contribution in [3.05, 3.63) is 58.6 Å². The Morgan fingerprint density at radius 1 is 1.14 bits per heavy atom. The predicted octanol–water partition coefficient (Wildman–Crippen LogP) is 4.04. The van der Waals surface area contributed by atoms with E-state index in [1.807, 2.05) is 0 Å². The highest BCUT2D eigenvalue weighted by atomic mass is 35.5. The van der Waals surface area contributed by atoms with E-state index in [1.54, 1.807) is 49.4 Å². The number of Topliss-reactive ketones (excluding diaryl/α,β-unsaturated/α-hetero) is 1. The molecule has 0 spiro atoms. The van der Waals surface area contributed by atoms with Crippen molar-refractivity contribution in [1.29, 1.82) is 0 Å². The number of hydrogen-bond acceptors (Lipinski definition) is 4. The Balaban J connectivity index is 2.02. The summed E-state index contributed by atoms with van der Waals surface area (Å²) in [5.41, 5.74) is 2.32. The molecule has 8 heteroatoms. The lowest BCUT2D eigenvalue weighted by molar-refractivity contribution is -0.116. The molecule has 0 unspecified atom stereocenters. The molecule has 1 amide bonds. The third kappa shape index (κ3) is 6.07. The van der Waals surface area contributed by atoms with Crippen LogP contribution in [0.15, 0.2) is 42.5 Å². The second-order valence-electron chi connectivity index (χ2n) is 6.55. The van der Waals surface area contributed by atoms with Crippen LogP contribution in [0.25, 0.3) is 0 Å². The summed E-state index contributed by atoms with van der Waals surface area (Å²) < 4.78 is 25.7. The SMILES string of the molecule is CC(=O)c1cccc(NC(=O)CCCN(c2cc(Cl)ccc2C)S(C)(=O)=O)c1. The van der Waals surface area contributed by atoms with Crippen LogP contribution in [0.3, 0.4) is 0 Å². The Morgan fingerprint density at radius 2 is 1.86 bits per heavy atom. The van der Waals surface area contributed by atoms with E-state index >= 15 is 0 Å². The monoisotopic (exact) mass is 422 g/mol. The van der Waals surface area contributed by atoms with Crippen LogP contribution >= 0.6 is 11.6 Å². The molecule has 0 radical (unpaired) electrons. The van der Waals surface area contributed by atoms with Crippen LogP contribution in [-0.4, -0.2) is 32.9 Å². The van der Waals surface area contributed by atoms with Gasteiger partial charge in [-0.1, -0.05) is 29.8 Å². The number of ketones is 1. The van der Waals surface area contributed by atoms with E-state index < -0.39 is 10.0 Å². The summed E-state index contributed by atoms with van der Waals surface area (Å²) >= 11 is 6.01. The van der Waals surface area contributed by atoms with Crippen molar-refractivity contribution in [2.45, 2.75) is 26.7 Å². The van der Waals surface area contributed by atoms with Gasteiger partial charge in [0.25, 0.3) is 0 Å². The van der Waals surface area contributed by atoms with Crippen molar-refractivity contribution < 1.29 is 18.0 Å². The summed E-state index contributed by atoms with van der Waals surface area (Å²) in [5, 5.41) is 3.17. The summed E-state index contributed by atoms with van der Waals surface area (Å²) in [4.78, 5) is 23.6. The molecule has 0 aliphatic heterocycles. The van der Waals surface area contributed by atoms with E-state index in [9.17, 15) is 18.0 Å². The maximum absolute atomic E-state index is 12.2. The number of carbonyl (C=O) groups excluding carboxylic acids is 2. The molecule has 28 heavy (non-hydrogen) atoms. The quantitative estimate of drug-likeness (QED) is 0.651. The Labute approximate surface area is 170 Å². The molecule has 0 heterocycles. The number of anilines is 2. The summed E-state index contributed by atoms with van der Waals surface area (Å²) in [5.74, 6) is -0.339. The fraction of sp³-hybridized carbons (Fsp3) is 0.300. The lowest BCUT2D eigenvalue weighted by Gasteiger charge is -2.24. The van der Waals surface area contributed by atoms with Crippen LogP contribution in [0.5, 0.6) is 0 Å². The number of aryl methyl sites for hydroxylation is 1. The maximum atomic E-state index is 12.2. The van der Waals surface area contributed by atoms with Crippen molar-refractivity contribution in [2.24, 2.45) is 0 Å². The first kappa shape index (κ1) is 21.9. The molecule has 2 rings (SSSR count). The number of sulfonamides is 1. The second kappa shape index (κ2) is 9.21. The molecule has 6 nitrogen and oxygen atoms in total. The molecule has 2 aromatic rings. The predicted molar refractivity (Wildman–Crippen MR) is 113 cm³/mol. The number of benzene rings is 2. The average Bonchev–Trinajstić information content (AvgIpc) is 2.60. The summed E-state index contributed by atoms with van der Waals surface area (Å²) in [6, 6.07) is 11.7. The molecule has 2 aromatic carbocycles. The van der Waals surface area contributed by atoms with Gasteiger partial charge in [0.1, 0.15) is 0 Å². The van der Waals surface area contributed by atoms with Gasteiger partial charge in [-0.25, -0.2) is 8.42 Å². The normalized spacial score (nSPS) is 11.1. The molecule has 0 aliphatic carbocycles. The minimum atomic E-state index is -3.52. The molecule has 0 saturated carbocycles. The third-order valence-electron chi connectivity index (χ3n) is 4.16. The topological polar surface area (TPSA) is 83.6 Å². The molecular formula is C20H23ClN2O4S. The Morgan fingerprint density at radius 3 is 2.50 bits per heavy atom. The number of amides is 1. The van der Waals surface area contributed by atoms with E-state index in [-0.39, 0.29) is 24.7 Å². The molecule has 1 N–H and O–H groups in total. The largest absolute Gasteiger partial charge is 0.326 e. The Hall–Kier alpha value is -2.38. The van der Waals surface area contributed by atoms with Gasteiger partial charge in [0.15, 0.2) is 5.78 Å². The standard InChI is InChI=1S/C20H23ClN2O4S/c1-14-9-10-17(21)13-19(14)23(28(3,26)27)11-5-8-20(25)22-18-7-4-6-16(12-18)15(2)24/h4,6-7,9-10,12-13H,5,8,11H2,1-3H3,(H,22,25). The van der Waals surface area contributed by atoms with Crippen molar-refractivity contribution in [3.8, 4) is 0 Å². The zero-order valence-electron chi connectivity index (χ0n) is 16.0. The minimum absolute atomic E-state index is 0.0863. The number of nitrogens with one attached hydrogen (secondary N) is 1. The lowest BCUT2D eigenvalue weighted by Crippen LogP contribution is -2.32. The molecule has 0 bridgehead atoms. The van der Waals surface area contributed by atoms with Crippen LogP contribution < -0.4 is 9.62 Å². The highest BCUT2D eigenvalue weighted by Crippen LogP contribution is 2.26. The fourth-order valence-electron chi connectivity index (χ4n) is 2.74. The van der Waals surface area contributed by atoms with Crippen molar-refractivity contribution in [2.75, 3.05) is 22.4 Å². The zero-order chi connectivity index (χ0) is 20.9. The smallest absolute Gasteiger partial charge is 0.232 e. The van der Waals surface area contributed by atoms with Gasteiger partial charge in [-0.15, -0.1) is 0 Å². The van der Waals surface area contributed by atoms with Crippen molar-refractivity contribution in [3.63, 3.8) is 0 Å². The number of nitrogens with zero attached hydrogens (tertiary/aromatic N) is 1. The van der Waals surface area contributed by atoms with Gasteiger partial charge in [-0.2, -0.15) is 0 Å². The van der Waals surface area contributed by atoms with Gasteiger partial charge < -0.3 is 5.32 Å². The summed E-state index contributed by atoms with van der Waals surface area (Å²) in [7, 11) is -3.52. The van der Waals surface area contributed by atoms with Gasteiger partial charge in [-0.05, 0) is 50.1 Å². The molecular weight excluding hydrogens is 400 g/mol. The molecule has 0 aromatic heterocycles. The van der Waals surface area contributed by atoms with Gasteiger partial charge >= 0.3 is 0 Å². The summed E-state index contributed by atoms with van der Waals surface area (Å²) in [6.45, 7) is 3.41. The van der Waals surface area contributed by atoms with Gasteiger partial charge in [0, 0.05) is 29.2 Å². The van der Waals surface area contributed by atoms with E-state index in [2.05, 4.69) is 5.32 Å². The van der Waals surface area contributed by atoms with Crippen molar-refractivity contribution >= 4 is 44.7 Å². The van der Waals surface area contributed by atoms with E-state index in [4.69, 9.17) is 11.6 Å². The highest BCUT2D eigenvalue weighted by Gasteiger charge is 2.19. The van der Waals surface area contributed by atoms with Crippen LogP contribution in [-0.2, 0) is 14.8 Å². The van der Waals surface area contributed by atoms with Gasteiger partial charge in [0.05, 0.1) is 11.9 Å². The first-order valence-electron chi connectivity index (χ1n) is 8.72. The van der Waals surface area contributed by atoms with E-state index in [1.165, 1.54) is 11.2 Å². The number of rotatable bonds is 8. The van der Waals surface area contributed by atoms with Crippen LogP contribution in [0.4, 0.5) is 11.4 Å². The lowest BCUT2D eigenvalue weighted by atomic mass is 10.1. The third-order valence-corrected chi connectivity index (χ3v) is 5.57. The average molecular weight is 423 g/mol. The summed E-state index contributed by atoms with van der Waals surface area (Å²) in [6.07, 6.45) is 1.59. The Bertz CT molecular complexity index is 989. The number of halogens is 1. The van der Waals surface area contributed by atoms with E-state index in [0.717, 1.165) is 11.8 Å². The number of carbonyl (C=O) groups is 2. The first-order valence-corrected chi connectivity index (χ1v) is 11.0. The second-order valence-corrected chi connectivity index (χ2v) is 8.90. The van der Waals surface area contributed by atoms with E-state index in [0.29, 0.717) is 28.4 Å². The fourth-order valence-corrected chi connectivity index (χ4v) is 3.92. The zero-order valence-corrected chi connectivity index (χ0v) is 17.6. The molecule has 0 aliphatic rings. The minimum Gasteiger partial charge on any atom is -0.326 e. The van der Waals surface area contributed by atoms with Crippen LogP contribution in [0.2, 0.25) is 5.02 Å². The molecule has 0 atom stereocenters. The van der Waals surface area contributed by atoms with Crippen molar-refractivity contribution in [1.82, 2.24) is 0 Å². The number of hydrogen-bond donors (Lipinski definition) is 1. The maximum Gasteiger partial charge on any atom is 0.232 e. The highest BCUT2D eigenvalue weighted by molar-refractivity contribution is 7.92.